The van der Waals surface area contributed by atoms with Gasteiger partial charge in [-0.2, -0.15) is 4.98 Å². The molecule has 0 unspecified atom stereocenters. The minimum absolute atomic E-state index is 0.166. The molecule has 0 spiro atoms. The number of urea groups is 1. The fourth-order valence-corrected chi connectivity index (χ4v) is 2.33. The van der Waals surface area contributed by atoms with E-state index in [2.05, 4.69) is 15.5 Å². The number of carbonyl (C=O) groups is 1. The van der Waals surface area contributed by atoms with Crippen LogP contribution >= 0.6 is 11.6 Å². The van der Waals surface area contributed by atoms with E-state index in [0.29, 0.717) is 48.6 Å². The average molecular weight is 323 g/mol. The Morgan fingerprint density at radius 2 is 2.09 bits per heavy atom. The Balaban J connectivity index is 1.60. The number of aromatic nitrogens is 2. The number of morpholine rings is 1. The molecular formula is C14H15ClN4O3. The molecule has 0 atom stereocenters. The molecule has 1 aliphatic heterocycles. The molecule has 0 bridgehead atoms. The van der Waals surface area contributed by atoms with Gasteiger partial charge in [-0.15, -0.1) is 0 Å². The van der Waals surface area contributed by atoms with E-state index in [4.69, 9.17) is 20.9 Å². The van der Waals surface area contributed by atoms with Gasteiger partial charge in [0.2, 0.25) is 11.7 Å². The fraction of sp³-hybridized carbons (Fsp3) is 0.357. The molecule has 1 N–H and O–H groups in total. The lowest BCUT2D eigenvalue weighted by Gasteiger charge is -2.26. The number of nitrogens with one attached hydrogen (secondary N) is 1. The van der Waals surface area contributed by atoms with Crippen LogP contribution in [0.25, 0.3) is 11.4 Å². The third-order valence-corrected chi connectivity index (χ3v) is 3.60. The topological polar surface area (TPSA) is 80.5 Å². The van der Waals surface area contributed by atoms with Gasteiger partial charge in [0.25, 0.3) is 0 Å². The predicted molar refractivity (Wildman–Crippen MR) is 79.4 cm³/mol. The second-order valence-corrected chi connectivity index (χ2v) is 5.16. The van der Waals surface area contributed by atoms with E-state index in [0.717, 1.165) is 0 Å². The number of ether oxygens (including phenoxy) is 1. The van der Waals surface area contributed by atoms with Gasteiger partial charge in [-0.3, -0.25) is 0 Å². The highest BCUT2D eigenvalue weighted by atomic mass is 35.5. The fourth-order valence-electron chi connectivity index (χ4n) is 2.11. The first kappa shape index (κ1) is 14.8. The minimum atomic E-state index is -0.166. The van der Waals surface area contributed by atoms with E-state index in [1.165, 1.54) is 0 Å². The summed E-state index contributed by atoms with van der Waals surface area (Å²) >= 11 is 6.09. The number of halogens is 1. The quantitative estimate of drug-likeness (QED) is 0.934. The van der Waals surface area contributed by atoms with Crippen molar-refractivity contribution in [3.63, 3.8) is 0 Å². The molecule has 2 heterocycles. The monoisotopic (exact) mass is 322 g/mol. The summed E-state index contributed by atoms with van der Waals surface area (Å²) in [4.78, 5) is 17.9. The summed E-state index contributed by atoms with van der Waals surface area (Å²) < 4.78 is 10.3. The van der Waals surface area contributed by atoms with E-state index in [9.17, 15) is 4.79 Å². The standard InChI is InChI=1S/C14H15ClN4O3/c15-11-4-2-1-3-10(11)13-17-12(22-18-13)9-16-14(20)19-5-7-21-8-6-19/h1-4H,5-9H2,(H,16,20). The lowest BCUT2D eigenvalue weighted by molar-refractivity contribution is 0.0529. The highest BCUT2D eigenvalue weighted by Gasteiger charge is 2.17. The van der Waals surface area contributed by atoms with Crippen LogP contribution in [0.4, 0.5) is 4.79 Å². The number of benzene rings is 1. The summed E-state index contributed by atoms with van der Waals surface area (Å²) in [6.45, 7) is 2.46. The van der Waals surface area contributed by atoms with Crippen LogP contribution in [-0.4, -0.2) is 47.4 Å². The number of hydrogen-bond donors (Lipinski definition) is 1. The van der Waals surface area contributed by atoms with Crippen LogP contribution in [0.15, 0.2) is 28.8 Å². The third-order valence-electron chi connectivity index (χ3n) is 3.27. The van der Waals surface area contributed by atoms with Gasteiger partial charge in [0.1, 0.15) is 0 Å². The van der Waals surface area contributed by atoms with Crippen molar-refractivity contribution in [1.82, 2.24) is 20.4 Å². The van der Waals surface area contributed by atoms with Gasteiger partial charge in [0.15, 0.2) is 0 Å². The van der Waals surface area contributed by atoms with Crippen LogP contribution in [-0.2, 0) is 11.3 Å². The Kier molecular flexibility index (Phi) is 4.55. The zero-order valence-electron chi connectivity index (χ0n) is 11.8. The molecule has 8 heteroatoms. The zero-order valence-corrected chi connectivity index (χ0v) is 12.5. The number of rotatable bonds is 3. The average Bonchev–Trinajstić information content (AvgIpc) is 3.02. The largest absolute Gasteiger partial charge is 0.378 e. The van der Waals surface area contributed by atoms with Crippen molar-refractivity contribution < 1.29 is 14.1 Å². The Labute approximate surface area is 132 Å². The van der Waals surface area contributed by atoms with Crippen LogP contribution in [0.5, 0.6) is 0 Å². The molecule has 1 aromatic heterocycles. The minimum Gasteiger partial charge on any atom is -0.378 e. The Bertz CT molecular complexity index is 655. The molecule has 0 aliphatic carbocycles. The lowest BCUT2D eigenvalue weighted by Crippen LogP contribution is -2.45. The van der Waals surface area contributed by atoms with Crippen molar-refractivity contribution in [3.8, 4) is 11.4 Å². The summed E-state index contributed by atoms with van der Waals surface area (Å²) in [6.07, 6.45) is 0. The summed E-state index contributed by atoms with van der Waals surface area (Å²) in [7, 11) is 0. The number of hydrogen-bond acceptors (Lipinski definition) is 5. The molecule has 1 aliphatic rings. The molecule has 22 heavy (non-hydrogen) atoms. The first-order valence-corrected chi connectivity index (χ1v) is 7.30. The van der Waals surface area contributed by atoms with Gasteiger partial charge < -0.3 is 19.5 Å². The third kappa shape index (κ3) is 3.37. The van der Waals surface area contributed by atoms with Crippen molar-refractivity contribution in [2.75, 3.05) is 26.3 Å². The van der Waals surface area contributed by atoms with Crippen LogP contribution in [0, 0.1) is 0 Å². The summed E-state index contributed by atoms with van der Waals surface area (Å²) in [6, 6.07) is 7.07. The zero-order chi connectivity index (χ0) is 15.4. The van der Waals surface area contributed by atoms with Crippen LogP contribution < -0.4 is 5.32 Å². The molecule has 1 fully saturated rings. The number of amides is 2. The van der Waals surface area contributed by atoms with Gasteiger partial charge >= 0.3 is 6.03 Å². The second-order valence-electron chi connectivity index (χ2n) is 4.75. The summed E-state index contributed by atoms with van der Waals surface area (Å²) in [5.74, 6) is 0.734. The molecular weight excluding hydrogens is 308 g/mol. The smallest absolute Gasteiger partial charge is 0.317 e. The van der Waals surface area contributed by atoms with Crippen molar-refractivity contribution >= 4 is 17.6 Å². The molecule has 0 radical (unpaired) electrons. The van der Waals surface area contributed by atoms with Crippen LogP contribution in [0.3, 0.4) is 0 Å². The maximum atomic E-state index is 12.0. The maximum absolute atomic E-state index is 12.0. The molecule has 3 rings (SSSR count). The highest BCUT2D eigenvalue weighted by molar-refractivity contribution is 6.33. The molecule has 0 saturated carbocycles. The highest BCUT2D eigenvalue weighted by Crippen LogP contribution is 2.24. The summed E-state index contributed by atoms with van der Waals surface area (Å²) in [5, 5.41) is 7.18. The van der Waals surface area contributed by atoms with Crippen LogP contribution in [0.1, 0.15) is 5.89 Å². The molecule has 116 valence electrons. The van der Waals surface area contributed by atoms with Crippen LogP contribution in [0.2, 0.25) is 5.02 Å². The molecule has 1 aromatic carbocycles. The SMILES string of the molecule is O=C(NCc1nc(-c2ccccc2Cl)no1)N1CCOCC1. The predicted octanol–water partition coefficient (Wildman–Crippen LogP) is 1.93. The Hall–Kier alpha value is -2.12. The molecule has 7 nitrogen and oxygen atoms in total. The van der Waals surface area contributed by atoms with Gasteiger partial charge in [0.05, 0.1) is 24.8 Å². The van der Waals surface area contributed by atoms with E-state index >= 15 is 0 Å². The Morgan fingerprint density at radius 3 is 2.86 bits per heavy atom. The van der Waals surface area contributed by atoms with Gasteiger partial charge in [0, 0.05) is 18.7 Å². The molecule has 2 aromatic rings. The summed E-state index contributed by atoms with van der Waals surface area (Å²) in [5.41, 5.74) is 0.693. The second kappa shape index (κ2) is 6.76. The molecule has 1 saturated heterocycles. The van der Waals surface area contributed by atoms with Gasteiger partial charge in [-0.25, -0.2) is 4.79 Å². The van der Waals surface area contributed by atoms with Gasteiger partial charge in [-0.1, -0.05) is 28.9 Å². The Morgan fingerprint density at radius 1 is 1.32 bits per heavy atom. The van der Waals surface area contributed by atoms with Crippen molar-refractivity contribution in [2.45, 2.75) is 6.54 Å². The van der Waals surface area contributed by atoms with E-state index in [-0.39, 0.29) is 12.6 Å². The van der Waals surface area contributed by atoms with Crippen molar-refractivity contribution in [1.29, 1.82) is 0 Å². The number of nitrogens with zero attached hydrogens (tertiary/aromatic N) is 3. The van der Waals surface area contributed by atoms with E-state index in [1.807, 2.05) is 18.2 Å². The van der Waals surface area contributed by atoms with Gasteiger partial charge in [-0.05, 0) is 12.1 Å². The molecule has 2 amide bonds. The van der Waals surface area contributed by atoms with E-state index < -0.39 is 0 Å². The van der Waals surface area contributed by atoms with Crippen molar-refractivity contribution in [3.05, 3.63) is 35.2 Å². The first-order chi connectivity index (χ1) is 10.7. The van der Waals surface area contributed by atoms with E-state index in [1.54, 1.807) is 11.0 Å². The first-order valence-electron chi connectivity index (χ1n) is 6.92. The lowest BCUT2D eigenvalue weighted by atomic mass is 10.2. The maximum Gasteiger partial charge on any atom is 0.317 e. The number of carbonyl (C=O) groups excluding carboxylic acids is 1. The normalized spacial score (nSPS) is 14.9. The van der Waals surface area contributed by atoms with Crippen molar-refractivity contribution in [2.24, 2.45) is 0 Å².